The molecule has 0 radical (unpaired) electrons. The smallest absolute Gasteiger partial charge is 0.331 e. The van der Waals surface area contributed by atoms with E-state index in [1.54, 1.807) is 67.7 Å². The van der Waals surface area contributed by atoms with E-state index in [0.717, 1.165) is 0 Å². The molecule has 0 saturated carbocycles. The predicted octanol–water partition coefficient (Wildman–Crippen LogP) is 2.66. The molecule has 0 bridgehead atoms. The summed E-state index contributed by atoms with van der Waals surface area (Å²) in [6.45, 7) is 1.65. The lowest BCUT2D eigenvalue weighted by Gasteiger charge is -2.16. The zero-order valence-corrected chi connectivity index (χ0v) is 17.5. The number of rotatable bonds is 2. The quantitative estimate of drug-likeness (QED) is 0.514. The molecule has 1 aliphatic heterocycles. The molecule has 0 aromatic heterocycles. The van der Waals surface area contributed by atoms with Crippen molar-refractivity contribution in [1.82, 2.24) is 0 Å². The molecule has 166 valence electrons. The van der Waals surface area contributed by atoms with Gasteiger partial charge in [-0.3, -0.25) is 0 Å². The Balaban J connectivity index is 2.82. The largest absolute Gasteiger partial charge is 0.459 e. The summed E-state index contributed by atoms with van der Waals surface area (Å²) in [5.41, 5.74) is 0. The highest BCUT2D eigenvalue weighted by molar-refractivity contribution is 5.82. The van der Waals surface area contributed by atoms with E-state index in [1.165, 1.54) is 6.08 Å². The molecule has 0 aliphatic carbocycles. The third-order valence-corrected chi connectivity index (χ3v) is 4.26. The normalized spacial score (nSPS) is 34.9. The zero-order chi connectivity index (χ0) is 22.2. The van der Waals surface area contributed by atoms with Gasteiger partial charge in [-0.05, 0) is 19.8 Å². The molecule has 6 nitrogen and oxygen atoms in total. The Bertz CT molecular complexity index is 657. The lowest BCUT2D eigenvalue weighted by molar-refractivity contribution is -0.144. The van der Waals surface area contributed by atoms with Gasteiger partial charge in [0.05, 0.1) is 24.4 Å². The van der Waals surface area contributed by atoms with E-state index in [9.17, 15) is 25.2 Å². The van der Waals surface area contributed by atoms with Crippen LogP contribution in [-0.4, -0.2) is 56.9 Å². The van der Waals surface area contributed by atoms with Gasteiger partial charge in [0, 0.05) is 25.3 Å². The van der Waals surface area contributed by atoms with Gasteiger partial charge in [0.25, 0.3) is 0 Å². The minimum Gasteiger partial charge on any atom is -0.459 e. The molecule has 1 aliphatic rings. The first-order valence-corrected chi connectivity index (χ1v) is 10.3. The van der Waals surface area contributed by atoms with Crippen molar-refractivity contribution >= 4 is 5.97 Å². The van der Waals surface area contributed by atoms with Crippen molar-refractivity contribution in [2.45, 2.75) is 69.5 Å². The van der Waals surface area contributed by atoms with Crippen LogP contribution in [-0.2, 0) is 9.53 Å². The van der Waals surface area contributed by atoms with Crippen molar-refractivity contribution in [2.24, 2.45) is 0 Å². The van der Waals surface area contributed by atoms with Crippen LogP contribution < -0.4 is 0 Å². The fourth-order valence-corrected chi connectivity index (χ4v) is 2.85. The second-order valence-corrected chi connectivity index (χ2v) is 7.33. The number of carbonyl (C=O) groups excluding carboxylic acids is 1. The van der Waals surface area contributed by atoms with Crippen molar-refractivity contribution in [2.75, 3.05) is 0 Å². The highest BCUT2D eigenvalue weighted by Gasteiger charge is 2.15. The number of cyclic esters (lactones) is 1. The van der Waals surface area contributed by atoms with Crippen LogP contribution in [0.15, 0.2) is 72.9 Å². The van der Waals surface area contributed by atoms with Crippen LogP contribution in [0.4, 0.5) is 0 Å². The molecule has 6 heteroatoms. The molecule has 0 spiro atoms. The van der Waals surface area contributed by atoms with E-state index >= 15 is 0 Å². The Morgan fingerprint density at radius 2 is 1.53 bits per heavy atom. The van der Waals surface area contributed by atoms with Crippen molar-refractivity contribution in [1.29, 1.82) is 0 Å². The van der Waals surface area contributed by atoms with Gasteiger partial charge in [-0.1, -0.05) is 66.8 Å². The van der Waals surface area contributed by atoms with E-state index in [2.05, 4.69) is 0 Å². The van der Waals surface area contributed by atoms with Gasteiger partial charge < -0.3 is 25.2 Å². The van der Waals surface area contributed by atoms with Gasteiger partial charge in [0.15, 0.2) is 0 Å². The molecule has 1 heterocycles. The third kappa shape index (κ3) is 13.8. The van der Waals surface area contributed by atoms with Gasteiger partial charge in [-0.15, -0.1) is 0 Å². The monoisotopic (exact) mass is 418 g/mol. The molecule has 1 rings (SSSR count). The number of carbonyl (C=O) groups is 1. The summed E-state index contributed by atoms with van der Waals surface area (Å²) in [6, 6.07) is 0. The maximum Gasteiger partial charge on any atom is 0.331 e. The first kappa shape index (κ1) is 25.8. The number of aliphatic hydroxyl groups excluding tert-OH is 4. The number of esters is 1. The van der Waals surface area contributed by atoms with Crippen LogP contribution in [0.25, 0.3) is 0 Å². The van der Waals surface area contributed by atoms with E-state index in [0.29, 0.717) is 19.3 Å². The summed E-state index contributed by atoms with van der Waals surface area (Å²) in [6.07, 6.45) is 18.3. The van der Waals surface area contributed by atoms with Crippen LogP contribution in [0.2, 0.25) is 0 Å². The molecule has 0 fully saturated rings. The van der Waals surface area contributed by atoms with Crippen molar-refractivity contribution in [3.63, 3.8) is 0 Å². The molecular weight excluding hydrogens is 384 g/mol. The van der Waals surface area contributed by atoms with Crippen molar-refractivity contribution < 1.29 is 30.0 Å². The van der Waals surface area contributed by atoms with Crippen LogP contribution in [0.3, 0.4) is 0 Å². The maximum atomic E-state index is 12.0. The molecule has 0 aromatic carbocycles. The summed E-state index contributed by atoms with van der Waals surface area (Å²) >= 11 is 0. The third-order valence-electron chi connectivity index (χ3n) is 4.26. The number of ether oxygens (including phenoxy) is 1. The summed E-state index contributed by atoms with van der Waals surface area (Å²) in [5.74, 6) is -0.485. The highest BCUT2D eigenvalue weighted by atomic mass is 16.5. The van der Waals surface area contributed by atoms with Gasteiger partial charge in [0.1, 0.15) is 6.10 Å². The van der Waals surface area contributed by atoms with Crippen molar-refractivity contribution in [3.05, 3.63) is 72.9 Å². The Morgan fingerprint density at radius 1 is 0.900 bits per heavy atom. The summed E-state index contributed by atoms with van der Waals surface area (Å²) in [7, 11) is 0. The molecular formula is C24H34O6. The molecule has 0 aromatic rings. The Morgan fingerprint density at radius 3 is 2.23 bits per heavy atom. The first-order valence-electron chi connectivity index (χ1n) is 10.3. The topological polar surface area (TPSA) is 107 Å². The average molecular weight is 419 g/mol. The second-order valence-electron chi connectivity index (χ2n) is 7.33. The Kier molecular flexibility index (Phi) is 13.4. The number of allylic oxidation sites excluding steroid dienone is 8. The SMILES string of the molecule is C[C@H](O)C[C@@H]1C/C=C/C=C/C=C/[C@H](O)C[C@H](O)C[C@H](O)C/C=C/C=C/C=C/C(=O)O1. The summed E-state index contributed by atoms with van der Waals surface area (Å²) < 4.78 is 5.40. The minimum atomic E-state index is -0.807. The van der Waals surface area contributed by atoms with Crippen LogP contribution in [0, 0.1) is 0 Å². The summed E-state index contributed by atoms with van der Waals surface area (Å²) in [4.78, 5) is 12.0. The highest BCUT2D eigenvalue weighted by Crippen LogP contribution is 2.11. The van der Waals surface area contributed by atoms with Crippen LogP contribution in [0.1, 0.15) is 39.0 Å². The van der Waals surface area contributed by atoms with E-state index in [-0.39, 0.29) is 12.8 Å². The standard InChI is InChI=1S/C24H34O6/c1-19(25)16-23-14-10-6-2-4-8-12-20(26)17-22(28)18-21(27)13-9-5-3-7-11-15-24(29)30-23/h2-12,15,19-23,25-28H,13-14,16-18H2,1H3/b4-2+,7-3+,9-5+,10-6+,12-8+,15-11+/t19-,20-,21+,22-,23-/m0/s1. The van der Waals surface area contributed by atoms with E-state index < -0.39 is 36.5 Å². The van der Waals surface area contributed by atoms with Crippen LogP contribution in [0.5, 0.6) is 0 Å². The van der Waals surface area contributed by atoms with E-state index in [1.807, 2.05) is 6.08 Å². The van der Waals surface area contributed by atoms with Gasteiger partial charge in [-0.2, -0.15) is 0 Å². The number of hydrogen-bond acceptors (Lipinski definition) is 6. The fourth-order valence-electron chi connectivity index (χ4n) is 2.85. The minimum absolute atomic E-state index is 0.151. The lowest BCUT2D eigenvalue weighted by atomic mass is 10.0. The second kappa shape index (κ2) is 15.6. The molecule has 0 saturated heterocycles. The molecule has 0 amide bonds. The van der Waals surface area contributed by atoms with Gasteiger partial charge in [0.2, 0.25) is 0 Å². The molecule has 4 N–H and O–H groups in total. The number of hydrogen-bond donors (Lipinski definition) is 4. The van der Waals surface area contributed by atoms with Gasteiger partial charge in [-0.25, -0.2) is 4.79 Å². The van der Waals surface area contributed by atoms with Crippen molar-refractivity contribution in [3.8, 4) is 0 Å². The Labute approximate surface area is 178 Å². The molecule has 5 atom stereocenters. The summed E-state index contributed by atoms with van der Waals surface area (Å²) in [5, 5.41) is 39.5. The number of aliphatic hydroxyl groups is 4. The average Bonchev–Trinajstić information content (AvgIpc) is 2.64. The fraction of sp³-hybridized carbons (Fsp3) is 0.458. The maximum absolute atomic E-state index is 12.0. The van der Waals surface area contributed by atoms with Gasteiger partial charge >= 0.3 is 5.97 Å². The zero-order valence-electron chi connectivity index (χ0n) is 17.5. The van der Waals surface area contributed by atoms with E-state index in [4.69, 9.17) is 4.74 Å². The predicted molar refractivity (Wildman–Crippen MR) is 118 cm³/mol. The lowest BCUT2D eigenvalue weighted by Crippen LogP contribution is -2.21. The Hall–Kier alpha value is -2.25. The first-order chi connectivity index (χ1) is 14.4. The molecule has 30 heavy (non-hydrogen) atoms. The van der Waals surface area contributed by atoms with Crippen LogP contribution >= 0.6 is 0 Å². The molecule has 0 unspecified atom stereocenters.